The van der Waals surface area contributed by atoms with Crippen LogP contribution in [0.3, 0.4) is 0 Å². The molecule has 2 unspecified atom stereocenters. The molecule has 6 heteroatoms. The van der Waals surface area contributed by atoms with Gasteiger partial charge in [-0.05, 0) is 20.8 Å². The summed E-state index contributed by atoms with van der Waals surface area (Å²) in [5, 5.41) is 0. The van der Waals surface area contributed by atoms with Crippen molar-refractivity contribution in [2.75, 3.05) is 19.1 Å². The molecule has 0 aromatic carbocycles. The molecule has 5 nitrogen and oxygen atoms in total. The molecule has 0 amide bonds. The van der Waals surface area contributed by atoms with Gasteiger partial charge < -0.3 is 9.47 Å². The zero-order chi connectivity index (χ0) is 13.3. The van der Waals surface area contributed by atoms with E-state index in [9.17, 15) is 4.79 Å². The maximum absolute atomic E-state index is 11.3. The number of ether oxygens (including phenoxy) is 2. The van der Waals surface area contributed by atoms with Crippen LogP contribution >= 0.6 is 11.6 Å². The first-order chi connectivity index (χ1) is 8.06. The topological polar surface area (TPSA) is 54.0 Å². The summed E-state index contributed by atoms with van der Waals surface area (Å²) in [5.74, 6) is -0.380. The fourth-order valence-electron chi connectivity index (χ4n) is 0.877. The molecule has 0 aliphatic carbocycles. The van der Waals surface area contributed by atoms with E-state index in [1.807, 2.05) is 6.92 Å². The first-order valence-electron chi connectivity index (χ1n) is 5.42. The van der Waals surface area contributed by atoms with Gasteiger partial charge >= 0.3 is 5.97 Å². The summed E-state index contributed by atoms with van der Waals surface area (Å²) in [6.07, 6.45) is -1.29. The van der Waals surface area contributed by atoms with Gasteiger partial charge in [-0.15, -0.1) is 11.6 Å². The van der Waals surface area contributed by atoms with Gasteiger partial charge in [0.25, 0.3) is 0 Å². The molecule has 0 saturated carbocycles. The molecule has 0 aromatic rings. The second-order valence-corrected chi connectivity index (χ2v) is 3.43. The Balaban J connectivity index is 4.03. The van der Waals surface area contributed by atoms with Crippen LogP contribution in [-0.4, -0.2) is 37.5 Å². The molecule has 0 heterocycles. The van der Waals surface area contributed by atoms with E-state index < -0.39 is 18.4 Å². The van der Waals surface area contributed by atoms with Gasteiger partial charge in [-0.3, -0.25) is 0 Å². The van der Waals surface area contributed by atoms with Crippen LogP contribution in [0.15, 0.2) is 12.2 Å². The van der Waals surface area contributed by atoms with Gasteiger partial charge in [-0.1, -0.05) is 6.58 Å². The molecule has 0 rings (SSSR count). The van der Waals surface area contributed by atoms with Crippen molar-refractivity contribution in [3.63, 3.8) is 0 Å². The molecule has 0 bridgehead atoms. The molecule has 100 valence electrons. The summed E-state index contributed by atoms with van der Waals surface area (Å²) >= 11 is 5.58. The highest BCUT2D eigenvalue weighted by Gasteiger charge is 2.19. The van der Waals surface area contributed by atoms with Crippen LogP contribution < -0.4 is 0 Å². The fourth-order valence-corrected chi connectivity index (χ4v) is 1.02. The molecule has 0 saturated heterocycles. The lowest BCUT2D eigenvalue weighted by Crippen LogP contribution is -2.25. The third kappa shape index (κ3) is 6.63. The van der Waals surface area contributed by atoms with Crippen LogP contribution in [0, 0.1) is 0 Å². The van der Waals surface area contributed by atoms with E-state index in [1.54, 1.807) is 13.8 Å². The zero-order valence-electron chi connectivity index (χ0n) is 10.4. The van der Waals surface area contributed by atoms with Crippen LogP contribution in [0.5, 0.6) is 0 Å². The SMILES string of the molecule is C=C(C(=O)OCC)C(C)OOC(CCl)OCC. The number of hydrogen-bond donors (Lipinski definition) is 0. The third-order valence-corrected chi connectivity index (χ3v) is 2.07. The summed E-state index contributed by atoms with van der Waals surface area (Å²) < 4.78 is 9.88. The van der Waals surface area contributed by atoms with Crippen molar-refractivity contribution in [3.8, 4) is 0 Å². The maximum Gasteiger partial charge on any atom is 0.336 e. The number of carbonyl (C=O) groups is 1. The van der Waals surface area contributed by atoms with Crippen LogP contribution in [0.25, 0.3) is 0 Å². The Morgan fingerprint density at radius 2 is 1.94 bits per heavy atom. The Hall–Kier alpha value is -0.620. The Morgan fingerprint density at radius 3 is 2.41 bits per heavy atom. The second kappa shape index (κ2) is 9.41. The van der Waals surface area contributed by atoms with Gasteiger partial charge in [0.15, 0.2) is 0 Å². The number of esters is 1. The third-order valence-electron chi connectivity index (χ3n) is 1.81. The first-order valence-corrected chi connectivity index (χ1v) is 5.95. The zero-order valence-corrected chi connectivity index (χ0v) is 11.2. The number of rotatable bonds is 9. The second-order valence-electron chi connectivity index (χ2n) is 3.12. The monoisotopic (exact) mass is 266 g/mol. The van der Waals surface area contributed by atoms with Crippen LogP contribution in [0.1, 0.15) is 20.8 Å². The normalized spacial score (nSPS) is 14.1. The van der Waals surface area contributed by atoms with Crippen molar-refractivity contribution in [3.05, 3.63) is 12.2 Å². The summed E-state index contributed by atoms with van der Waals surface area (Å²) in [7, 11) is 0. The highest BCUT2D eigenvalue weighted by molar-refractivity contribution is 6.18. The highest BCUT2D eigenvalue weighted by Crippen LogP contribution is 2.09. The van der Waals surface area contributed by atoms with E-state index >= 15 is 0 Å². The maximum atomic E-state index is 11.3. The van der Waals surface area contributed by atoms with E-state index in [0.29, 0.717) is 6.61 Å². The minimum absolute atomic E-state index is 0.131. The fraction of sp³-hybridized carbons (Fsp3) is 0.727. The minimum atomic E-state index is -0.667. The Bertz CT molecular complexity index is 244. The van der Waals surface area contributed by atoms with Crippen molar-refractivity contribution in [2.24, 2.45) is 0 Å². The molecular weight excluding hydrogens is 248 g/mol. The number of alkyl halides is 1. The average Bonchev–Trinajstić information content (AvgIpc) is 2.33. The van der Waals surface area contributed by atoms with E-state index in [-0.39, 0.29) is 18.1 Å². The highest BCUT2D eigenvalue weighted by atomic mass is 35.5. The van der Waals surface area contributed by atoms with Crippen molar-refractivity contribution < 1.29 is 24.0 Å². The molecule has 0 fully saturated rings. The van der Waals surface area contributed by atoms with Crippen LogP contribution in [0.2, 0.25) is 0 Å². The van der Waals surface area contributed by atoms with E-state index in [1.165, 1.54) is 0 Å². The number of carbonyl (C=O) groups excluding carboxylic acids is 1. The molecule has 2 atom stereocenters. The van der Waals surface area contributed by atoms with Crippen molar-refractivity contribution in [1.82, 2.24) is 0 Å². The van der Waals surface area contributed by atoms with E-state index in [4.69, 9.17) is 30.8 Å². The molecule has 0 aliphatic rings. The lowest BCUT2D eigenvalue weighted by molar-refractivity contribution is -0.384. The lowest BCUT2D eigenvalue weighted by atomic mass is 10.2. The predicted octanol–water partition coefficient (Wildman–Crippen LogP) is 2.04. The smallest absolute Gasteiger partial charge is 0.336 e. The molecule has 0 aromatic heterocycles. The van der Waals surface area contributed by atoms with Gasteiger partial charge in [0.05, 0.1) is 18.1 Å². The average molecular weight is 267 g/mol. The Labute approximate surface area is 107 Å². The lowest BCUT2D eigenvalue weighted by Gasteiger charge is -2.18. The minimum Gasteiger partial charge on any atom is -0.463 e. The number of hydrogen-bond acceptors (Lipinski definition) is 5. The van der Waals surface area contributed by atoms with Gasteiger partial charge in [-0.2, -0.15) is 0 Å². The summed E-state index contributed by atoms with van der Waals surface area (Å²) in [4.78, 5) is 21.2. The van der Waals surface area contributed by atoms with Crippen molar-refractivity contribution in [1.29, 1.82) is 0 Å². The van der Waals surface area contributed by atoms with Gasteiger partial charge in [0, 0.05) is 6.61 Å². The quantitative estimate of drug-likeness (QED) is 0.160. The molecule has 0 N–H and O–H groups in total. The van der Waals surface area contributed by atoms with Gasteiger partial charge in [0.1, 0.15) is 6.10 Å². The number of halogens is 1. The molecule has 17 heavy (non-hydrogen) atoms. The van der Waals surface area contributed by atoms with E-state index in [2.05, 4.69) is 6.58 Å². The first kappa shape index (κ1) is 16.4. The Kier molecular flexibility index (Phi) is 9.07. The standard InChI is InChI=1S/C11H19ClO5/c1-5-14-10(7-12)17-16-9(4)8(3)11(13)15-6-2/h9-10H,3,5-7H2,1-2,4H3. The predicted molar refractivity (Wildman–Crippen MR) is 63.5 cm³/mol. The van der Waals surface area contributed by atoms with Crippen LogP contribution in [0.4, 0.5) is 0 Å². The molecular formula is C11H19ClO5. The molecule has 0 aliphatic heterocycles. The van der Waals surface area contributed by atoms with E-state index in [0.717, 1.165) is 0 Å². The van der Waals surface area contributed by atoms with Gasteiger partial charge in [0.2, 0.25) is 6.29 Å². The summed E-state index contributed by atoms with van der Waals surface area (Å²) in [5.41, 5.74) is 0.177. The summed E-state index contributed by atoms with van der Waals surface area (Å²) in [6, 6.07) is 0. The van der Waals surface area contributed by atoms with Gasteiger partial charge in [-0.25, -0.2) is 14.6 Å². The molecule has 0 spiro atoms. The van der Waals surface area contributed by atoms with Crippen LogP contribution in [-0.2, 0) is 24.0 Å². The Morgan fingerprint density at radius 1 is 1.29 bits per heavy atom. The van der Waals surface area contributed by atoms with Crippen molar-refractivity contribution >= 4 is 17.6 Å². The van der Waals surface area contributed by atoms with Crippen molar-refractivity contribution in [2.45, 2.75) is 33.2 Å². The summed E-state index contributed by atoms with van der Waals surface area (Å²) in [6.45, 7) is 9.45. The molecule has 0 radical (unpaired) electrons. The largest absolute Gasteiger partial charge is 0.463 e.